The molecule has 168 valence electrons. The number of carbonyl (C=O) groups excluding carboxylic acids is 4. The average molecular weight is 497 g/mol. The van der Waals surface area contributed by atoms with Gasteiger partial charge in [0, 0.05) is 41.2 Å². The molecule has 0 bridgehead atoms. The fourth-order valence-corrected chi connectivity index (χ4v) is 5.16. The standard InChI is InChI=1S/C18H16N4O7S3/c1-10-8-30-17(20-10)32-13-3-2-11(22(27)28)6-12(13)16(25)29-7-14(23)19-4-5-21-15(24)9-31-18(21)26/h2-3,6,8H,4-5,7,9H2,1H3,(H,19,23). The Morgan fingerprint density at radius 2 is 2.16 bits per heavy atom. The summed E-state index contributed by atoms with van der Waals surface area (Å²) < 4.78 is 5.66. The molecule has 1 N–H and O–H groups in total. The van der Waals surface area contributed by atoms with Crippen LogP contribution in [0.5, 0.6) is 0 Å². The van der Waals surface area contributed by atoms with Crippen molar-refractivity contribution >= 4 is 63.6 Å². The average Bonchev–Trinajstić information content (AvgIpc) is 3.31. The van der Waals surface area contributed by atoms with Gasteiger partial charge < -0.3 is 10.1 Å². The normalized spacial score (nSPS) is 13.3. The number of ether oxygens (including phenoxy) is 1. The zero-order valence-corrected chi connectivity index (χ0v) is 19.0. The predicted octanol–water partition coefficient (Wildman–Crippen LogP) is 2.48. The quantitative estimate of drug-likeness (QED) is 0.312. The minimum atomic E-state index is -0.902. The molecule has 1 aliphatic rings. The van der Waals surface area contributed by atoms with Crippen LogP contribution in [0.2, 0.25) is 0 Å². The minimum absolute atomic E-state index is 0.00966. The van der Waals surface area contributed by atoms with Gasteiger partial charge in [0.15, 0.2) is 10.9 Å². The van der Waals surface area contributed by atoms with Gasteiger partial charge in [-0.1, -0.05) is 23.5 Å². The van der Waals surface area contributed by atoms with E-state index in [2.05, 4.69) is 10.3 Å². The molecule has 1 fully saturated rings. The van der Waals surface area contributed by atoms with Crippen LogP contribution in [0.4, 0.5) is 10.5 Å². The van der Waals surface area contributed by atoms with Crippen molar-refractivity contribution in [2.24, 2.45) is 0 Å². The maximum Gasteiger partial charge on any atom is 0.340 e. The van der Waals surface area contributed by atoms with Crippen molar-refractivity contribution in [3.05, 3.63) is 45.0 Å². The number of esters is 1. The first-order chi connectivity index (χ1) is 15.2. The van der Waals surface area contributed by atoms with E-state index < -0.39 is 23.4 Å². The number of hydrogen-bond donors (Lipinski definition) is 1. The first-order valence-corrected chi connectivity index (χ1v) is 11.7. The molecule has 0 aliphatic carbocycles. The molecular formula is C18H16N4O7S3. The summed E-state index contributed by atoms with van der Waals surface area (Å²) in [5.41, 5.74) is 0.449. The third-order valence-corrected chi connectivity index (χ3v) is 7.01. The van der Waals surface area contributed by atoms with Gasteiger partial charge in [0.25, 0.3) is 16.8 Å². The Balaban J connectivity index is 1.59. The lowest BCUT2D eigenvalue weighted by Gasteiger charge is -2.13. The predicted molar refractivity (Wildman–Crippen MR) is 117 cm³/mol. The molecule has 1 aliphatic heterocycles. The Morgan fingerprint density at radius 1 is 1.38 bits per heavy atom. The highest BCUT2D eigenvalue weighted by atomic mass is 32.2. The number of aryl methyl sites for hydroxylation is 1. The number of thioether (sulfide) groups is 1. The van der Waals surface area contributed by atoms with E-state index in [9.17, 15) is 29.3 Å². The molecule has 1 saturated heterocycles. The van der Waals surface area contributed by atoms with Crippen LogP contribution >= 0.6 is 34.9 Å². The highest BCUT2D eigenvalue weighted by molar-refractivity contribution is 8.14. The van der Waals surface area contributed by atoms with Gasteiger partial charge in [-0.15, -0.1) is 11.3 Å². The summed E-state index contributed by atoms with van der Waals surface area (Å²) in [6.45, 7) is 1.22. The van der Waals surface area contributed by atoms with Crippen LogP contribution in [0, 0.1) is 17.0 Å². The van der Waals surface area contributed by atoms with Gasteiger partial charge in [-0.2, -0.15) is 0 Å². The van der Waals surface area contributed by atoms with Gasteiger partial charge in [-0.25, -0.2) is 9.78 Å². The van der Waals surface area contributed by atoms with Crippen molar-refractivity contribution in [1.29, 1.82) is 0 Å². The van der Waals surface area contributed by atoms with E-state index in [0.717, 1.165) is 40.2 Å². The lowest BCUT2D eigenvalue weighted by Crippen LogP contribution is -2.38. The van der Waals surface area contributed by atoms with Crippen molar-refractivity contribution in [3.8, 4) is 0 Å². The smallest absolute Gasteiger partial charge is 0.340 e. The molecule has 1 aromatic heterocycles. The number of non-ortho nitro benzene ring substituents is 1. The molecule has 14 heteroatoms. The number of nitrogens with zero attached hydrogens (tertiary/aromatic N) is 3. The van der Waals surface area contributed by atoms with Crippen LogP contribution in [0.15, 0.2) is 32.8 Å². The molecule has 11 nitrogen and oxygen atoms in total. The van der Waals surface area contributed by atoms with Gasteiger partial charge in [-0.05, 0) is 13.0 Å². The number of amides is 3. The summed E-state index contributed by atoms with van der Waals surface area (Å²) in [7, 11) is 0. The van der Waals surface area contributed by atoms with Crippen molar-refractivity contribution in [1.82, 2.24) is 15.2 Å². The van der Waals surface area contributed by atoms with Crippen LogP contribution in [-0.4, -0.2) is 63.3 Å². The van der Waals surface area contributed by atoms with Crippen LogP contribution in [0.3, 0.4) is 0 Å². The third-order valence-electron chi connectivity index (χ3n) is 4.02. The molecule has 32 heavy (non-hydrogen) atoms. The van der Waals surface area contributed by atoms with E-state index in [1.54, 1.807) is 0 Å². The van der Waals surface area contributed by atoms with Crippen LogP contribution in [0.25, 0.3) is 0 Å². The monoisotopic (exact) mass is 496 g/mol. The summed E-state index contributed by atoms with van der Waals surface area (Å²) in [6.07, 6.45) is 0. The fourth-order valence-electron chi connectivity index (χ4n) is 2.52. The SMILES string of the molecule is Cc1csc(Sc2ccc([N+](=O)[O-])cc2C(=O)OCC(=O)NCCN2C(=O)CSC2=O)n1. The van der Waals surface area contributed by atoms with Gasteiger partial charge in [-0.3, -0.25) is 29.4 Å². The molecule has 2 aromatic rings. The van der Waals surface area contributed by atoms with E-state index in [0.29, 0.717) is 9.24 Å². The molecule has 0 radical (unpaired) electrons. The van der Waals surface area contributed by atoms with E-state index in [1.165, 1.54) is 23.5 Å². The highest BCUT2D eigenvalue weighted by Crippen LogP contribution is 2.34. The molecule has 1 aromatic carbocycles. The van der Waals surface area contributed by atoms with E-state index in [4.69, 9.17) is 4.74 Å². The largest absolute Gasteiger partial charge is 0.452 e. The Kier molecular flexibility index (Phi) is 7.82. The number of thiazole rings is 1. The molecule has 0 unspecified atom stereocenters. The second-order valence-corrected chi connectivity index (χ2v) is 9.39. The second-order valence-electron chi connectivity index (χ2n) is 6.32. The summed E-state index contributed by atoms with van der Waals surface area (Å²) in [5, 5.41) is 15.0. The fraction of sp³-hybridized carbons (Fsp3) is 0.278. The molecule has 3 rings (SSSR count). The van der Waals surface area contributed by atoms with E-state index in [1.807, 2.05) is 12.3 Å². The Bertz CT molecular complexity index is 1070. The number of imide groups is 1. The molecule has 0 atom stereocenters. The van der Waals surface area contributed by atoms with Gasteiger partial charge >= 0.3 is 5.97 Å². The first-order valence-electron chi connectivity index (χ1n) is 9.04. The number of nitro benzene ring substituents is 1. The Labute approximate surface area is 194 Å². The number of benzene rings is 1. The number of carbonyl (C=O) groups is 4. The number of rotatable bonds is 9. The van der Waals surface area contributed by atoms with Crippen molar-refractivity contribution in [3.63, 3.8) is 0 Å². The molecule has 2 heterocycles. The van der Waals surface area contributed by atoms with Crippen molar-refractivity contribution < 1.29 is 28.8 Å². The van der Waals surface area contributed by atoms with Crippen molar-refractivity contribution in [2.75, 3.05) is 25.4 Å². The number of aromatic nitrogens is 1. The highest BCUT2D eigenvalue weighted by Gasteiger charge is 2.29. The van der Waals surface area contributed by atoms with Crippen LogP contribution in [0.1, 0.15) is 16.1 Å². The number of nitro groups is 1. The van der Waals surface area contributed by atoms with Gasteiger partial charge in [0.1, 0.15) is 0 Å². The zero-order valence-electron chi connectivity index (χ0n) is 16.6. The first kappa shape index (κ1) is 23.7. The van der Waals surface area contributed by atoms with E-state index >= 15 is 0 Å². The number of hydrogen-bond acceptors (Lipinski definition) is 11. The van der Waals surface area contributed by atoms with E-state index in [-0.39, 0.29) is 41.2 Å². The third kappa shape index (κ3) is 6.05. The topological polar surface area (TPSA) is 149 Å². The van der Waals surface area contributed by atoms with Gasteiger partial charge in [0.2, 0.25) is 5.91 Å². The summed E-state index contributed by atoms with van der Waals surface area (Å²) in [5.74, 6) is -1.79. The summed E-state index contributed by atoms with van der Waals surface area (Å²) >= 11 is 3.41. The lowest BCUT2D eigenvalue weighted by atomic mass is 10.2. The zero-order chi connectivity index (χ0) is 23.3. The number of nitrogens with one attached hydrogen (secondary N) is 1. The summed E-state index contributed by atoms with van der Waals surface area (Å²) in [6, 6.07) is 3.79. The maximum atomic E-state index is 12.6. The van der Waals surface area contributed by atoms with Crippen LogP contribution in [-0.2, 0) is 14.3 Å². The maximum absolute atomic E-state index is 12.6. The lowest BCUT2D eigenvalue weighted by molar-refractivity contribution is -0.384. The molecule has 3 amide bonds. The minimum Gasteiger partial charge on any atom is -0.452 e. The molecule has 0 saturated carbocycles. The van der Waals surface area contributed by atoms with Crippen LogP contribution < -0.4 is 5.32 Å². The second kappa shape index (κ2) is 10.6. The molecule has 0 spiro atoms. The van der Waals surface area contributed by atoms with Gasteiger partial charge in [0.05, 0.1) is 16.2 Å². The van der Waals surface area contributed by atoms with Crippen molar-refractivity contribution in [2.45, 2.75) is 16.2 Å². The Hall–Kier alpha value is -2.97. The Morgan fingerprint density at radius 3 is 2.78 bits per heavy atom. The molecular weight excluding hydrogens is 480 g/mol. The summed E-state index contributed by atoms with van der Waals surface area (Å²) in [4.78, 5) is 63.7.